The Hall–Kier alpha value is -2.54. The molecule has 1 heterocycles. The van der Waals surface area contributed by atoms with Crippen molar-refractivity contribution in [2.75, 3.05) is 17.2 Å². The zero-order valence-corrected chi connectivity index (χ0v) is 10.7. The maximum atomic E-state index is 8.78. The molecule has 0 saturated heterocycles. The van der Waals surface area contributed by atoms with Gasteiger partial charge in [-0.25, -0.2) is 0 Å². The van der Waals surface area contributed by atoms with E-state index in [0.29, 0.717) is 19.5 Å². The maximum absolute atomic E-state index is 8.78. The number of rotatable bonds is 5. The molecule has 4 nitrogen and oxygen atoms in total. The van der Waals surface area contributed by atoms with Gasteiger partial charge in [-0.15, -0.1) is 0 Å². The van der Waals surface area contributed by atoms with Crippen molar-refractivity contribution < 1.29 is 0 Å². The molecule has 0 bridgehead atoms. The Morgan fingerprint density at radius 2 is 2.05 bits per heavy atom. The van der Waals surface area contributed by atoms with Crippen LogP contribution in [0.4, 0.5) is 11.4 Å². The van der Waals surface area contributed by atoms with E-state index in [1.54, 1.807) is 6.20 Å². The first-order valence-electron chi connectivity index (χ1n) is 6.16. The van der Waals surface area contributed by atoms with Crippen LogP contribution in [0, 0.1) is 11.3 Å². The van der Waals surface area contributed by atoms with Crippen molar-refractivity contribution in [3.05, 3.63) is 54.4 Å². The van der Waals surface area contributed by atoms with Crippen LogP contribution in [0.3, 0.4) is 0 Å². The first kappa shape index (κ1) is 12.9. The van der Waals surface area contributed by atoms with Gasteiger partial charge in [0.25, 0.3) is 0 Å². The average Bonchev–Trinajstić information content (AvgIpc) is 2.45. The normalized spacial score (nSPS) is 9.84. The Morgan fingerprint density at radius 3 is 2.74 bits per heavy atom. The van der Waals surface area contributed by atoms with E-state index < -0.39 is 0 Å². The van der Waals surface area contributed by atoms with Gasteiger partial charge in [-0.1, -0.05) is 18.2 Å². The van der Waals surface area contributed by atoms with Gasteiger partial charge >= 0.3 is 0 Å². The summed E-state index contributed by atoms with van der Waals surface area (Å²) in [5, 5.41) is 8.78. The molecule has 0 atom stereocenters. The largest absolute Gasteiger partial charge is 0.397 e. The van der Waals surface area contributed by atoms with Crippen molar-refractivity contribution in [1.82, 2.24) is 4.98 Å². The van der Waals surface area contributed by atoms with Gasteiger partial charge in [0.2, 0.25) is 0 Å². The number of hydrogen-bond acceptors (Lipinski definition) is 4. The third-order valence-electron chi connectivity index (χ3n) is 2.87. The van der Waals surface area contributed by atoms with Gasteiger partial charge in [0, 0.05) is 25.5 Å². The van der Waals surface area contributed by atoms with Crippen molar-refractivity contribution in [1.29, 1.82) is 5.26 Å². The highest BCUT2D eigenvalue weighted by Crippen LogP contribution is 2.24. The summed E-state index contributed by atoms with van der Waals surface area (Å²) in [7, 11) is 0. The fourth-order valence-corrected chi connectivity index (χ4v) is 1.96. The summed E-state index contributed by atoms with van der Waals surface area (Å²) < 4.78 is 0. The topological polar surface area (TPSA) is 65.9 Å². The quantitative estimate of drug-likeness (QED) is 0.831. The molecule has 0 aliphatic carbocycles. The molecule has 1 aromatic carbocycles. The van der Waals surface area contributed by atoms with Crippen molar-refractivity contribution >= 4 is 11.4 Å². The number of nitrogens with two attached hydrogens (primary N) is 1. The summed E-state index contributed by atoms with van der Waals surface area (Å²) in [5.74, 6) is 0. The Bertz CT molecular complexity index is 560. The number of hydrogen-bond donors (Lipinski definition) is 1. The first-order valence-corrected chi connectivity index (χ1v) is 6.16. The Kier molecular flexibility index (Phi) is 4.35. The third kappa shape index (κ3) is 3.46. The van der Waals surface area contributed by atoms with Crippen LogP contribution < -0.4 is 10.6 Å². The van der Waals surface area contributed by atoms with Crippen molar-refractivity contribution in [2.45, 2.75) is 13.0 Å². The average molecular weight is 252 g/mol. The summed E-state index contributed by atoms with van der Waals surface area (Å²) in [5.41, 5.74) is 8.79. The van der Waals surface area contributed by atoms with E-state index in [0.717, 1.165) is 16.9 Å². The molecule has 2 aromatic rings. The predicted molar refractivity (Wildman–Crippen MR) is 76.4 cm³/mol. The molecule has 4 heteroatoms. The summed E-state index contributed by atoms with van der Waals surface area (Å²) in [6.45, 7) is 1.35. The van der Waals surface area contributed by atoms with Crippen LogP contribution in [-0.4, -0.2) is 11.5 Å². The lowest BCUT2D eigenvalue weighted by molar-refractivity contribution is 0.796. The molecule has 0 fully saturated rings. The number of para-hydroxylation sites is 2. The zero-order valence-electron chi connectivity index (χ0n) is 10.7. The lowest BCUT2D eigenvalue weighted by atomic mass is 10.2. The van der Waals surface area contributed by atoms with Gasteiger partial charge in [-0.3, -0.25) is 4.98 Å². The fourth-order valence-electron chi connectivity index (χ4n) is 1.96. The number of nitrogens with zero attached hydrogens (tertiary/aromatic N) is 3. The van der Waals surface area contributed by atoms with E-state index in [2.05, 4.69) is 16.0 Å². The second-order valence-electron chi connectivity index (χ2n) is 4.25. The molecule has 2 N–H and O–H groups in total. The van der Waals surface area contributed by atoms with Gasteiger partial charge < -0.3 is 10.6 Å². The Morgan fingerprint density at radius 1 is 1.21 bits per heavy atom. The minimum absolute atomic E-state index is 0.467. The number of pyridine rings is 1. The number of nitrogen functional groups attached to an aromatic ring is 1. The number of benzene rings is 1. The Balaban J connectivity index is 2.22. The van der Waals surface area contributed by atoms with Crippen LogP contribution in [0.5, 0.6) is 0 Å². The van der Waals surface area contributed by atoms with E-state index in [4.69, 9.17) is 11.0 Å². The molecule has 0 aliphatic heterocycles. The number of nitriles is 1. The molecule has 0 spiro atoms. The van der Waals surface area contributed by atoms with Gasteiger partial charge in [-0.05, 0) is 23.8 Å². The van der Waals surface area contributed by atoms with Gasteiger partial charge in [0.05, 0.1) is 23.9 Å². The van der Waals surface area contributed by atoms with E-state index in [-0.39, 0.29) is 0 Å². The molecule has 0 saturated carbocycles. The fraction of sp³-hybridized carbons (Fsp3) is 0.200. The minimum Gasteiger partial charge on any atom is -0.397 e. The van der Waals surface area contributed by atoms with Gasteiger partial charge in [0.15, 0.2) is 0 Å². The molecule has 0 radical (unpaired) electrons. The van der Waals surface area contributed by atoms with Crippen molar-refractivity contribution in [3.63, 3.8) is 0 Å². The molecular weight excluding hydrogens is 236 g/mol. The molecular formula is C15H16N4. The highest BCUT2D eigenvalue weighted by atomic mass is 15.1. The summed E-state index contributed by atoms with van der Waals surface area (Å²) >= 11 is 0. The standard InChI is InChI=1S/C15H16N4/c16-8-4-10-19(12-13-5-3-9-18-11-13)15-7-2-1-6-14(15)17/h1-3,5-7,9,11H,4,10,12,17H2. The summed E-state index contributed by atoms with van der Waals surface area (Å²) in [4.78, 5) is 6.22. The lowest BCUT2D eigenvalue weighted by Gasteiger charge is -2.25. The monoisotopic (exact) mass is 252 g/mol. The van der Waals surface area contributed by atoms with Crippen LogP contribution in [-0.2, 0) is 6.54 Å². The van der Waals surface area contributed by atoms with Crippen LogP contribution in [0.1, 0.15) is 12.0 Å². The lowest BCUT2D eigenvalue weighted by Crippen LogP contribution is -2.24. The van der Waals surface area contributed by atoms with Crippen molar-refractivity contribution in [2.24, 2.45) is 0 Å². The third-order valence-corrected chi connectivity index (χ3v) is 2.87. The zero-order chi connectivity index (χ0) is 13.5. The second kappa shape index (κ2) is 6.41. The highest BCUT2D eigenvalue weighted by Gasteiger charge is 2.09. The molecule has 96 valence electrons. The van der Waals surface area contributed by atoms with Gasteiger partial charge in [-0.2, -0.15) is 5.26 Å². The molecule has 0 amide bonds. The van der Waals surface area contributed by atoms with Crippen LogP contribution in [0.2, 0.25) is 0 Å². The van der Waals surface area contributed by atoms with Crippen molar-refractivity contribution in [3.8, 4) is 6.07 Å². The second-order valence-corrected chi connectivity index (χ2v) is 4.25. The SMILES string of the molecule is N#CCCN(Cc1cccnc1)c1ccccc1N. The molecule has 0 aliphatic rings. The van der Waals surface area contributed by atoms with Gasteiger partial charge in [0.1, 0.15) is 0 Å². The molecule has 0 unspecified atom stereocenters. The Labute approximate surface area is 113 Å². The van der Waals surface area contributed by atoms with Crippen LogP contribution in [0.25, 0.3) is 0 Å². The highest BCUT2D eigenvalue weighted by molar-refractivity contribution is 5.67. The molecule has 1 aromatic heterocycles. The van der Waals surface area contributed by atoms with Crippen LogP contribution in [0.15, 0.2) is 48.8 Å². The molecule has 2 rings (SSSR count). The van der Waals surface area contributed by atoms with E-state index in [9.17, 15) is 0 Å². The predicted octanol–water partition coefficient (Wildman–Crippen LogP) is 2.58. The number of aromatic nitrogens is 1. The molecule has 19 heavy (non-hydrogen) atoms. The number of anilines is 2. The maximum Gasteiger partial charge on any atom is 0.0640 e. The van der Waals surface area contributed by atoms with E-state index in [1.165, 1.54) is 0 Å². The minimum atomic E-state index is 0.467. The smallest absolute Gasteiger partial charge is 0.0640 e. The summed E-state index contributed by atoms with van der Waals surface area (Å²) in [6, 6.07) is 13.8. The summed E-state index contributed by atoms with van der Waals surface area (Å²) in [6.07, 6.45) is 4.05. The van der Waals surface area contributed by atoms with E-state index in [1.807, 2.05) is 42.6 Å². The first-order chi connectivity index (χ1) is 9.31. The van der Waals surface area contributed by atoms with Crippen LogP contribution >= 0.6 is 0 Å². The van der Waals surface area contributed by atoms with E-state index >= 15 is 0 Å².